The number of carbonyl (C=O) groups is 1. The summed E-state index contributed by atoms with van der Waals surface area (Å²) in [6.07, 6.45) is 4.59. The molecule has 1 saturated heterocycles. The average Bonchev–Trinajstić information content (AvgIpc) is 2.84. The summed E-state index contributed by atoms with van der Waals surface area (Å²) in [6.45, 7) is 1.56. The number of amides is 1. The number of hydrogen-bond acceptors (Lipinski definition) is 3. The number of nitrogens with zero attached hydrogens (tertiary/aromatic N) is 3. The quantitative estimate of drug-likeness (QED) is 0.721. The van der Waals surface area contributed by atoms with Crippen molar-refractivity contribution in [1.29, 1.82) is 0 Å². The highest BCUT2D eigenvalue weighted by Gasteiger charge is 2.30. The first-order chi connectivity index (χ1) is 7.35. The molecule has 0 bridgehead atoms. The second-order valence-electron chi connectivity index (χ2n) is 4.56. The summed E-state index contributed by atoms with van der Waals surface area (Å²) in [5, 5.41) is 8.28. The van der Waals surface area contributed by atoms with Crippen LogP contribution in [0, 0.1) is 5.92 Å². The minimum absolute atomic E-state index is 0.371. The highest BCUT2D eigenvalue weighted by molar-refractivity contribution is 5.49. The van der Waals surface area contributed by atoms with Crippen LogP contribution in [0.2, 0.25) is 0 Å². The van der Waals surface area contributed by atoms with Crippen LogP contribution >= 0.6 is 0 Å². The molecule has 5 nitrogen and oxygen atoms in total. The van der Waals surface area contributed by atoms with Crippen LogP contribution < -0.4 is 0 Å². The van der Waals surface area contributed by atoms with Crippen molar-refractivity contribution in [3.05, 3.63) is 11.6 Å². The zero-order chi connectivity index (χ0) is 10.3. The normalized spacial score (nSPS) is 21.5. The van der Waals surface area contributed by atoms with Crippen molar-refractivity contribution < 1.29 is 4.79 Å². The number of likely N-dealkylation sites (tertiary alicyclic amines) is 1. The maximum absolute atomic E-state index is 10.4. The summed E-state index contributed by atoms with van der Waals surface area (Å²) in [5.41, 5.74) is 0. The van der Waals surface area contributed by atoms with Crippen LogP contribution in [-0.4, -0.2) is 39.6 Å². The van der Waals surface area contributed by atoms with Crippen molar-refractivity contribution >= 4 is 6.41 Å². The third-order valence-corrected chi connectivity index (χ3v) is 3.18. The first kappa shape index (κ1) is 8.88. The molecule has 5 heteroatoms. The van der Waals surface area contributed by atoms with Gasteiger partial charge in [-0.3, -0.25) is 4.79 Å². The molecule has 1 N–H and O–H groups in total. The molecule has 1 amide bonds. The van der Waals surface area contributed by atoms with E-state index in [1.54, 1.807) is 4.90 Å². The smallest absolute Gasteiger partial charge is 0.209 e. The number of rotatable bonds is 4. The van der Waals surface area contributed by atoms with E-state index in [-0.39, 0.29) is 0 Å². The van der Waals surface area contributed by atoms with Crippen LogP contribution in [0.1, 0.15) is 30.4 Å². The second kappa shape index (κ2) is 3.32. The van der Waals surface area contributed by atoms with E-state index < -0.39 is 0 Å². The van der Waals surface area contributed by atoms with Gasteiger partial charge in [-0.15, -0.1) is 10.2 Å². The molecular weight excluding hydrogens is 192 g/mol. The van der Waals surface area contributed by atoms with E-state index in [0.717, 1.165) is 43.5 Å². The van der Waals surface area contributed by atoms with Gasteiger partial charge in [-0.05, 0) is 18.8 Å². The summed E-state index contributed by atoms with van der Waals surface area (Å²) < 4.78 is 0. The fourth-order valence-electron chi connectivity index (χ4n) is 1.95. The monoisotopic (exact) mass is 206 g/mol. The molecule has 2 aliphatic rings. The molecule has 1 saturated carbocycles. The van der Waals surface area contributed by atoms with Gasteiger partial charge in [0.2, 0.25) is 6.41 Å². The van der Waals surface area contributed by atoms with Gasteiger partial charge in [-0.1, -0.05) is 0 Å². The lowest BCUT2D eigenvalue weighted by Crippen LogP contribution is -2.44. The Morgan fingerprint density at radius 1 is 1.40 bits per heavy atom. The van der Waals surface area contributed by atoms with Gasteiger partial charge in [0.25, 0.3) is 0 Å². The lowest BCUT2D eigenvalue weighted by Gasteiger charge is -2.34. The van der Waals surface area contributed by atoms with Crippen molar-refractivity contribution in [3.8, 4) is 0 Å². The van der Waals surface area contributed by atoms with Gasteiger partial charge in [-0.2, -0.15) is 0 Å². The highest BCUT2D eigenvalue weighted by Crippen LogP contribution is 2.32. The van der Waals surface area contributed by atoms with E-state index in [1.807, 2.05) is 0 Å². The summed E-state index contributed by atoms with van der Waals surface area (Å²) >= 11 is 0. The molecular formula is C10H14N4O. The largest absolute Gasteiger partial charge is 0.344 e. The molecule has 0 radical (unpaired) electrons. The van der Waals surface area contributed by atoms with Crippen molar-refractivity contribution in [2.24, 2.45) is 5.92 Å². The molecule has 1 aromatic heterocycles. The average molecular weight is 206 g/mol. The van der Waals surface area contributed by atoms with Gasteiger partial charge in [0.15, 0.2) is 0 Å². The summed E-state index contributed by atoms with van der Waals surface area (Å²) in [7, 11) is 0. The Morgan fingerprint density at radius 3 is 2.87 bits per heavy atom. The third kappa shape index (κ3) is 1.73. The topological polar surface area (TPSA) is 61.9 Å². The first-order valence-corrected chi connectivity index (χ1v) is 5.46. The highest BCUT2D eigenvalue weighted by atomic mass is 16.1. The molecule has 1 aromatic rings. The van der Waals surface area contributed by atoms with Gasteiger partial charge >= 0.3 is 0 Å². The Labute approximate surface area is 87.9 Å². The zero-order valence-corrected chi connectivity index (χ0v) is 8.52. The van der Waals surface area contributed by atoms with E-state index >= 15 is 0 Å². The molecule has 0 atom stereocenters. The summed E-state index contributed by atoms with van der Waals surface area (Å²) in [6, 6.07) is 0. The predicted octanol–water partition coefficient (Wildman–Crippen LogP) is 0.313. The Bertz CT molecular complexity index is 365. The van der Waals surface area contributed by atoms with Crippen LogP contribution in [-0.2, 0) is 11.2 Å². The van der Waals surface area contributed by atoms with Gasteiger partial charge in [0.05, 0.1) is 5.92 Å². The molecule has 0 aromatic carbocycles. The van der Waals surface area contributed by atoms with E-state index in [0.29, 0.717) is 5.92 Å². The molecule has 15 heavy (non-hydrogen) atoms. The van der Waals surface area contributed by atoms with Crippen LogP contribution in [0.15, 0.2) is 0 Å². The Hall–Kier alpha value is -1.39. The first-order valence-electron chi connectivity index (χ1n) is 5.46. The number of carbonyl (C=O) groups excluding carboxylic acids is 1. The Morgan fingerprint density at radius 2 is 2.20 bits per heavy atom. The minimum Gasteiger partial charge on any atom is -0.344 e. The molecule has 1 aliphatic carbocycles. The van der Waals surface area contributed by atoms with Gasteiger partial charge in [0, 0.05) is 19.5 Å². The Balaban J connectivity index is 1.61. The SMILES string of the molecule is O=CN1CC(c2nnc(CC3CC3)[nH]2)C1. The molecule has 2 fully saturated rings. The summed E-state index contributed by atoms with van der Waals surface area (Å²) in [5.74, 6) is 3.16. The van der Waals surface area contributed by atoms with Crippen LogP contribution in [0.4, 0.5) is 0 Å². The van der Waals surface area contributed by atoms with Crippen LogP contribution in [0.25, 0.3) is 0 Å². The summed E-state index contributed by atoms with van der Waals surface area (Å²) in [4.78, 5) is 15.4. The van der Waals surface area contributed by atoms with E-state index in [2.05, 4.69) is 15.2 Å². The lowest BCUT2D eigenvalue weighted by molar-refractivity contribution is -0.122. The van der Waals surface area contributed by atoms with Crippen LogP contribution in [0.3, 0.4) is 0 Å². The number of H-pyrrole nitrogens is 1. The fraction of sp³-hybridized carbons (Fsp3) is 0.700. The van der Waals surface area contributed by atoms with E-state index in [9.17, 15) is 4.79 Å². The van der Waals surface area contributed by atoms with Gasteiger partial charge in [0.1, 0.15) is 11.6 Å². The molecule has 1 aliphatic heterocycles. The van der Waals surface area contributed by atoms with Crippen molar-refractivity contribution in [1.82, 2.24) is 20.1 Å². The maximum Gasteiger partial charge on any atom is 0.209 e. The van der Waals surface area contributed by atoms with Gasteiger partial charge in [-0.25, -0.2) is 0 Å². The van der Waals surface area contributed by atoms with E-state index in [1.165, 1.54) is 12.8 Å². The number of hydrogen-bond donors (Lipinski definition) is 1. The van der Waals surface area contributed by atoms with Gasteiger partial charge < -0.3 is 9.88 Å². The molecule has 3 rings (SSSR count). The Kier molecular flexibility index (Phi) is 1.97. The van der Waals surface area contributed by atoms with E-state index in [4.69, 9.17) is 0 Å². The maximum atomic E-state index is 10.4. The predicted molar refractivity (Wildman–Crippen MR) is 53.2 cm³/mol. The minimum atomic E-state index is 0.371. The second-order valence-corrected chi connectivity index (χ2v) is 4.56. The zero-order valence-electron chi connectivity index (χ0n) is 8.52. The molecule has 0 unspecified atom stereocenters. The molecule has 2 heterocycles. The number of aromatic amines is 1. The van der Waals surface area contributed by atoms with Crippen molar-refractivity contribution in [2.45, 2.75) is 25.2 Å². The lowest BCUT2D eigenvalue weighted by atomic mass is 10.0. The molecule has 80 valence electrons. The third-order valence-electron chi connectivity index (χ3n) is 3.18. The van der Waals surface area contributed by atoms with Crippen molar-refractivity contribution in [3.63, 3.8) is 0 Å². The number of aromatic nitrogens is 3. The van der Waals surface area contributed by atoms with Crippen LogP contribution in [0.5, 0.6) is 0 Å². The fourth-order valence-corrected chi connectivity index (χ4v) is 1.95. The number of nitrogens with one attached hydrogen (secondary N) is 1. The molecule has 0 spiro atoms. The van der Waals surface area contributed by atoms with Crippen molar-refractivity contribution in [2.75, 3.05) is 13.1 Å². The standard InChI is InChI=1S/C10H14N4O/c15-6-14-4-8(5-14)10-11-9(12-13-10)3-7-1-2-7/h6-8H,1-5H2,(H,11,12,13).